The number of carbonyl (C=O) groups is 1. The lowest BCUT2D eigenvalue weighted by molar-refractivity contribution is -0.114. The second-order valence-corrected chi connectivity index (χ2v) is 2.11. The summed E-state index contributed by atoms with van der Waals surface area (Å²) in [6, 6.07) is 0. The molecule has 0 N–H and O–H groups in total. The summed E-state index contributed by atoms with van der Waals surface area (Å²) in [6.07, 6.45) is 4.04. The number of unbranched alkanes of at least 4 members (excludes halogenated alkanes) is 1. The van der Waals surface area contributed by atoms with Gasteiger partial charge < -0.3 is 0 Å². The molecule has 0 aliphatic rings. The highest BCUT2D eigenvalue weighted by molar-refractivity contribution is 6.26. The van der Waals surface area contributed by atoms with E-state index in [1.54, 1.807) is 0 Å². The summed E-state index contributed by atoms with van der Waals surface area (Å²) >= 11 is 5.17. The molecular formula is C7H11ClO. The first-order valence-corrected chi connectivity index (χ1v) is 3.54. The van der Waals surface area contributed by atoms with E-state index in [4.69, 9.17) is 11.6 Å². The van der Waals surface area contributed by atoms with Crippen LogP contribution in [-0.2, 0) is 4.79 Å². The Morgan fingerprint density at radius 3 is 2.78 bits per heavy atom. The Labute approximate surface area is 60.7 Å². The third kappa shape index (κ3) is 5.57. The molecule has 9 heavy (non-hydrogen) atoms. The molecule has 0 fully saturated rings. The molecule has 0 aliphatic carbocycles. The lowest BCUT2D eigenvalue weighted by Crippen LogP contribution is -1.89. The van der Waals surface area contributed by atoms with Gasteiger partial charge >= 0.3 is 0 Å². The molecule has 0 rings (SSSR count). The second kappa shape index (κ2) is 5.83. The predicted octanol–water partition coefficient (Wildman–Crippen LogP) is 2.50. The van der Waals surface area contributed by atoms with Crippen molar-refractivity contribution in [1.82, 2.24) is 0 Å². The average molecular weight is 147 g/mol. The van der Waals surface area contributed by atoms with Crippen molar-refractivity contribution in [2.24, 2.45) is 0 Å². The molecule has 0 aromatic rings. The maximum atomic E-state index is 10.6. The molecule has 0 bridgehead atoms. The molecule has 0 unspecified atom stereocenters. The first kappa shape index (κ1) is 8.70. The first-order valence-electron chi connectivity index (χ1n) is 3.11. The van der Waals surface area contributed by atoms with Crippen molar-refractivity contribution >= 4 is 17.4 Å². The van der Waals surface area contributed by atoms with Crippen molar-refractivity contribution in [3.05, 3.63) is 11.6 Å². The fraction of sp³-hybridized carbons (Fsp3) is 0.571. The van der Waals surface area contributed by atoms with E-state index in [9.17, 15) is 4.79 Å². The van der Waals surface area contributed by atoms with Gasteiger partial charge in [-0.1, -0.05) is 24.9 Å². The summed E-state index contributed by atoms with van der Waals surface area (Å²) in [5, 5.41) is 0. The van der Waals surface area contributed by atoms with Crippen LogP contribution in [0.3, 0.4) is 0 Å². The van der Waals surface area contributed by atoms with E-state index in [0.29, 0.717) is 6.42 Å². The van der Waals surface area contributed by atoms with Crippen LogP contribution < -0.4 is 0 Å². The molecule has 0 amide bonds. The summed E-state index contributed by atoms with van der Waals surface area (Å²) < 4.78 is 0. The molecule has 0 saturated carbocycles. The van der Waals surface area contributed by atoms with Gasteiger partial charge in [0, 0.05) is 12.0 Å². The van der Waals surface area contributed by atoms with Gasteiger partial charge in [0.25, 0.3) is 0 Å². The van der Waals surface area contributed by atoms with E-state index >= 15 is 0 Å². The van der Waals surface area contributed by atoms with Crippen molar-refractivity contribution in [1.29, 1.82) is 0 Å². The molecule has 0 aromatic carbocycles. The van der Waals surface area contributed by atoms with Gasteiger partial charge in [0.05, 0.1) is 0 Å². The van der Waals surface area contributed by atoms with E-state index in [1.807, 2.05) is 0 Å². The van der Waals surface area contributed by atoms with Gasteiger partial charge in [0.2, 0.25) is 0 Å². The van der Waals surface area contributed by atoms with Gasteiger partial charge in [-0.25, -0.2) is 0 Å². The molecule has 2 heteroatoms. The number of ketones is 1. The van der Waals surface area contributed by atoms with E-state index in [-0.39, 0.29) is 5.78 Å². The van der Waals surface area contributed by atoms with Crippen molar-refractivity contribution in [2.75, 3.05) is 0 Å². The van der Waals surface area contributed by atoms with E-state index < -0.39 is 0 Å². The van der Waals surface area contributed by atoms with Crippen LogP contribution in [0.5, 0.6) is 0 Å². The molecule has 52 valence electrons. The zero-order valence-corrected chi connectivity index (χ0v) is 6.32. The Kier molecular flexibility index (Phi) is 5.64. The molecule has 0 radical (unpaired) electrons. The Balaban J connectivity index is 3.27. The summed E-state index contributed by atoms with van der Waals surface area (Å²) in [7, 11) is 0. The van der Waals surface area contributed by atoms with Crippen LogP contribution in [0.25, 0.3) is 0 Å². The van der Waals surface area contributed by atoms with E-state index in [0.717, 1.165) is 12.8 Å². The topological polar surface area (TPSA) is 17.1 Å². The Morgan fingerprint density at radius 1 is 1.67 bits per heavy atom. The second-order valence-electron chi connectivity index (χ2n) is 1.86. The van der Waals surface area contributed by atoms with Crippen LogP contribution in [-0.4, -0.2) is 5.78 Å². The molecule has 0 spiro atoms. The Hall–Kier alpha value is -0.300. The normalized spacial score (nSPS) is 10.4. The van der Waals surface area contributed by atoms with Crippen molar-refractivity contribution in [2.45, 2.75) is 26.2 Å². The number of carbonyl (C=O) groups excluding carboxylic acids is 1. The van der Waals surface area contributed by atoms with Crippen LogP contribution >= 0.6 is 11.6 Å². The molecule has 0 atom stereocenters. The number of rotatable bonds is 4. The zero-order chi connectivity index (χ0) is 7.11. The number of halogens is 1. The molecular weight excluding hydrogens is 136 g/mol. The largest absolute Gasteiger partial charge is 0.295 e. The molecule has 0 aliphatic heterocycles. The number of hydrogen-bond donors (Lipinski definition) is 0. The lowest BCUT2D eigenvalue weighted by Gasteiger charge is -1.88. The van der Waals surface area contributed by atoms with Crippen LogP contribution in [0, 0.1) is 0 Å². The van der Waals surface area contributed by atoms with Gasteiger partial charge in [-0.2, -0.15) is 0 Å². The van der Waals surface area contributed by atoms with Crippen molar-refractivity contribution in [3.8, 4) is 0 Å². The highest BCUT2D eigenvalue weighted by Crippen LogP contribution is 1.96. The number of hydrogen-bond acceptors (Lipinski definition) is 1. The van der Waals surface area contributed by atoms with Crippen molar-refractivity contribution in [3.63, 3.8) is 0 Å². The molecule has 0 saturated heterocycles. The minimum Gasteiger partial charge on any atom is -0.295 e. The van der Waals surface area contributed by atoms with Gasteiger partial charge in [0.15, 0.2) is 5.78 Å². The Bertz CT molecular complexity index is 107. The quantitative estimate of drug-likeness (QED) is 0.557. The summed E-state index contributed by atoms with van der Waals surface area (Å²) in [4.78, 5) is 10.6. The third-order valence-corrected chi connectivity index (χ3v) is 1.15. The fourth-order valence-electron chi connectivity index (χ4n) is 0.505. The molecule has 1 nitrogen and oxygen atoms in total. The third-order valence-electron chi connectivity index (χ3n) is 1.03. The van der Waals surface area contributed by atoms with Crippen LogP contribution in [0.1, 0.15) is 26.2 Å². The number of allylic oxidation sites excluding steroid dienone is 1. The maximum absolute atomic E-state index is 10.6. The molecule has 0 heterocycles. The maximum Gasteiger partial charge on any atom is 0.156 e. The predicted molar refractivity (Wildman–Crippen MR) is 39.5 cm³/mol. The summed E-state index contributed by atoms with van der Waals surface area (Å²) in [5.41, 5.74) is 1.26. The highest BCUT2D eigenvalue weighted by atomic mass is 35.5. The smallest absolute Gasteiger partial charge is 0.156 e. The molecule has 0 aromatic heterocycles. The zero-order valence-electron chi connectivity index (χ0n) is 5.56. The highest BCUT2D eigenvalue weighted by Gasteiger charge is 1.92. The van der Waals surface area contributed by atoms with Gasteiger partial charge in [0.1, 0.15) is 0 Å². The van der Waals surface area contributed by atoms with Gasteiger partial charge in [-0.15, -0.1) is 0 Å². The lowest BCUT2D eigenvalue weighted by atomic mass is 10.2. The van der Waals surface area contributed by atoms with Crippen molar-refractivity contribution < 1.29 is 4.79 Å². The van der Waals surface area contributed by atoms with E-state index in [2.05, 4.69) is 6.92 Å². The van der Waals surface area contributed by atoms with Gasteiger partial charge in [-0.3, -0.25) is 4.79 Å². The minimum atomic E-state index is 0.117. The van der Waals surface area contributed by atoms with Crippen LogP contribution in [0.2, 0.25) is 0 Å². The van der Waals surface area contributed by atoms with Gasteiger partial charge in [-0.05, 0) is 12.5 Å². The SMILES string of the molecule is CCCCC(=O)C=CCl. The van der Waals surface area contributed by atoms with E-state index in [1.165, 1.54) is 11.6 Å². The fourth-order valence-corrected chi connectivity index (χ4v) is 0.645. The summed E-state index contributed by atoms with van der Waals surface area (Å²) in [5.74, 6) is 0.117. The standard InChI is InChI=1S/C7H11ClO/c1-2-3-4-7(9)5-6-8/h5-6H,2-4H2,1H3. The summed E-state index contributed by atoms with van der Waals surface area (Å²) in [6.45, 7) is 2.05. The Morgan fingerprint density at radius 2 is 2.33 bits per heavy atom. The minimum absolute atomic E-state index is 0.117. The first-order chi connectivity index (χ1) is 4.31. The van der Waals surface area contributed by atoms with Crippen LogP contribution in [0.15, 0.2) is 11.6 Å². The monoisotopic (exact) mass is 146 g/mol. The average Bonchev–Trinajstić information content (AvgIpc) is 1.85. The van der Waals surface area contributed by atoms with Crippen LogP contribution in [0.4, 0.5) is 0 Å².